The summed E-state index contributed by atoms with van der Waals surface area (Å²) in [5.74, 6) is -0.654. The lowest BCUT2D eigenvalue weighted by molar-refractivity contribution is 0.437. The molecule has 3 aromatic rings. The summed E-state index contributed by atoms with van der Waals surface area (Å²) in [5.41, 5.74) is 3.64. The Hall–Kier alpha value is -3.20. The van der Waals surface area contributed by atoms with Crippen LogP contribution in [0.5, 0.6) is 5.88 Å². The molecule has 1 aliphatic heterocycles. The first-order valence-electron chi connectivity index (χ1n) is 7.81. The van der Waals surface area contributed by atoms with E-state index in [1.54, 1.807) is 6.20 Å². The van der Waals surface area contributed by atoms with Gasteiger partial charge in [0.25, 0.3) is 0 Å². The van der Waals surface area contributed by atoms with E-state index in [1.807, 2.05) is 37.3 Å². The van der Waals surface area contributed by atoms with Gasteiger partial charge in [-0.3, -0.25) is 15.5 Å². The number of aromatic nitrogens is 3. The van der Waals surface area contributed by atoms with E-state index in [9.17, 15) is 5.26 Å². The van der Waals surface area contributed by atoms with Crippen molar-refractivity contribution >= 4 is 16.8 Å². The highest BCUT2D eigenvalue weighted by atomic mass is 16.5. The number of aromatic amines is 1. The molecule has 118 valence electrons. The average Bonchev–Trinajstić information content (AvgIpc) is 3.02. The fourth-order valence-corrected chi connectivity index (χ4v) is 3.38. The molecular weight excluding hydrogens is 302 g/mol. The Bertz CT molecular complexity index is 979. The number of para-hydroxylation sites is 1. The summed E-state index contributed by atoms with van der Waals surface area (Å²) in [6, 6.07) is 12.0. The van der Waals surface area contributed by atoms with Crippen LogP contribution in [-0.2, 0) is 6.42 Å². The molecule has 2 N–H and O–H groups in total. The normalized spacial score (nSPS) is 19.6. The van der Waals surface area contributed by atoms with Crippen molar-refractivity contribution in [2.24, 2.45) is 5.92 Å². The van der Waals surface area contributed by atoms with E-state index in [2.05, 4.69) is 21.3 Å². The third kappa shape index (κ3) is 1.98. The van der Waals surface area contributed by atoms with Gasteiger partial charge in [-0.2, -0.15) is 5.26 Å². The summed E-state index contributed by atoms with van der Waals surface area (Å²) in [6.07, 6.45) is 2.49. The lowest BCUT2D eigenvalue weighted by atomic mass is 9.78. The zero-order valence-electron chi connectivity index (χ0n) is 13.1. The minimum Gasteiger partial charge on any atom is -0.422 e. The Morgan fingerprint density at radius 1 is 1.33 bits per heavy atom. The lowest BCUT2D eigenvalue weighted by Gasteiger charge is -2.28. The van der Waals surface area contributed by atoms with Crippen molar-refractivity contribution in [2.45, 2.75) is 19.3 Å². The minimum atomic E-state index is -0.689. The summed E-state index contributed by atoms with van der Waals surface area (Å²) in [7, 11) is 0. The van der Waals surface area contributed by atoms with Gasteiger partial charge < -0.3 is 4.74 Å². The Morgan fingerprint density at radius 3 is 2.96 bits per heavy atom. The van der Waals surface area contributed by atoms with Crippen LogP contribution in [0.3, 0.4) is 0 Å². The SMILES string of the molecule is CCc1[nH]nc2c1C(c1ccnc3ccccc13)C(C#N)C(=N)O2. The van der Waals surface area contributed by atoms with E-state index < -0.39 is 5.92 Å². The number of aryl methyl sites for hydroxylation is 1. The number of H-pyrrole nitrogens is 1. The molecule has 0 spiro atoms. The predicted molar refractivity (Wildman–Crippen MR) is 89.0 cm³/mol. The molecule has 4 rings (SSSR count). The molecule has 2 unspecified atom stereocenters. The highest BCUT2D eigenvalue weighted by Crippen LogP contribution is 2.44. The first kappa shape index (κ1) is 14.4. The molecule has 0 bridgehead atoms. The molecule has 0 fully saturated rings. The van der Waals surface area contributed by atoms with Gasteiger partial charge in [0.2, 0.25) is 11.8 Å². The van der Waals surface area contributed by atoms with Crippen molar-refractivity contribution in [1.29, 1.82) is 10.7 Å². The van der Waals surface area contributed by atoms with Gasteiger partial charge in [-0.1, -0.05) is 25.1 Å². The third-order valence-electron chi connectivity index (χ3n) is 4.49. The van der Waals surface area contributed by atoms with E-state index in [0.717, 1.165) is 34.1 Å². The Morgan fingerprint density at radius 2 is 2.17 bits per heavy atom. The van der Waals surface area contributed by atoms with Crippen LogP contribution >= 0.6 is 0 Å². The first-order chi connectivity index (χ1) is 11.7. The van der Waals surface area contributed by atoms with Gasteiger partial charge in [-0.15, -0.1) is 5.10 Å². The number of nitriles is 1. The number of nitrogens with one attached hydrogen (secondary N) is 2. The van der Waals surface area contributed by atoms with E-state index in [1.165, 1.54) is 0 Å². The molecule has 2 aromatic heterocycles. The minimum absolute atomic E-state index is 0.0648. The summed E-state index contributed by atoms with van der Waals surface area (Å²) in [4.78, 5) is 4.40. The zero-order chi connectivity index (χ0) is 16.7. The number of rotatable bonds is 2. The number of benzene rings is 1. The first-order valence-corrected chi connectivity index (χ1v) is 7.81. The maximum atomic E-state index is 9.67. The van der Waals surface area contributed by atoms with Crippen molar-refractivity contribution in [3.8, 4) is 11.9 Å². The average molecular weight is 317 g/mol. The molecule has 0 saturated carbocycles. The standard InChI is InChI=1S/C18H15N5O/c1-2-13-16-15(12(9-19)17(20)24-18(16)23-22-13)11-7-8-21-14-6-4-3-5-10(11)14/h3-8,12,15,20H,2H2,1H3,(H,22,23). The van der Waals surface area contributed by atoms with Crippen molar-refractivity contribution in [2.75, 3.05) is 0 Å². The topological polar surface area (TPSA) is 98.4 Å². The zero-order valence-corrected chi connectivity index (χ0v) is 13.1. The van der Waals surface area contributed by atoms with Gasteiger partial charge in [0, 0.05) is 28.8 Å². The Balaban J connectivity index is 2.02. The number of fused-ring (bicyclic) bond motifs is 2. The van der Waals surface area contributed by atoms with Crippen LogP contribution in [0.2, 0.25) is 0 Å². The fraction of sp³-hybridized carbons (Fsp3) is 0.222. The molecule has 1 aromatic carbocycles. The number of hydrogen-bond acceptors (Lipinski definition) is 5. The molecule has 0 amide bonds. The molecular formula is C18H15N5O. The maximum Gasteiger partial charge on any atom is 0.243 e. The van der Waals surface area contributed by atoms with Crippen molar-refractivity contribution in [3.05, 3.63) is 53.3 Å². The number of pyridine rings is 1. The van der Waals surface area contributed by atoms with Crippen LogP contribution in [0.25, 0.3) is 10.9 Å². The van der Waals surface area contributed by atoms with Crippen molar-refractivity contribution < 1.29 is 4.74 Å². The second-order valence-electron chi connectivity index (χ2n) is 5.74. The second-order valence-corrected chi connectivity index (χ2v) is 5.74. The molecule has 1 aliphatic rings. The van der Waals surface area contributed by atoms with Crippen molar-refractivity contribution in [3.63, 3.8) is 0 Å². The molecule has 24 heavy (non-hydrogen) atoms. The van der Waals surface area contributed by atoms with Gasteiger partial charge in [-0.25, -0.2) is 0 Å². The molecule has 6 heteroatoms. The van der Waals surface area contributed by atoms with Crippen molar-refractivity contribution in [1.82, 2.24) is 15.2 Å². The molecule has 3 heterocycles. The molecule has 0 saturated heterocycles. The van der Waals surface area contributed by atoms with Gasteiger partial charge in [0.05, 0.1) is 11.6 Å². The van der Waals surface area contributed by atoms with E-state index in [4.69, 9.17) is 10.1 Å². The quantitative estimate of drug-likeness (QED) is 0.758. The molecule has 2 atom stereocenters. The van der Waals surface area contributed by atoms with Crippen LogP contribution in [-0.4, -0.2) is 21.1 Å². The monoisotopic (exact) mass is 317 g/mol. The maximum absolute atomic E-state index is 9.67. The highest BCUT2D eigenvalue weighted by Gasteiger charge is 2.40. The molecule has 0 aliphatic carbocycles. The van der Waals surface area contributed by atoms with E-state index >= 15 is 0 Å². The van der Waals surface area contributed by atoms with Gasteiger partial charge in [-0.05, 0) is 24.1 Å². The lowest BCUT2D eigenvalue weighted by Crippen LogP contribution is -2.31. The summed E-state index contributed by atoms with van der Waals surface area (Å²) in [5, 5.41) is 25.9. The third-order valence-corrected chi connectivity index (χ3v) is 4.49. The number of ether oxygens (including phenoxy) is 1. The number of nitrogens with zero attached hydrogens (tertiary/aromatic N) is 3. The van der Waals surface area contributed by atoms with Gasteiger partial charge >= 0.3 is 0 Å². The van der Waals surface area contributed by atoms with Crippen LogP contribution < -0.4 is 4.74 Å². The highest BCUT2D eigenvalue weighted by molar-refractivity contribution is 5.89. The second kappa shape index (κ2) is 5.46. The van der Waals surface area contributed by atoms with E-state index in [0.29, 0.717) is 5.88 Å². The predicted octanol–water partition coefficient (Wildman–Crippen LogP) is 3.16. The van der Waals surface area contributed by atoms with Crippen LogP contribution in [0.4, 0.5) is 0 Å². The van der Waals surface area contributed by atoms with Gasteiger partial charge in [0.15, 0.2) is 0 Å². The van der Waals surface area contributed by atoms with E-state index in [-0.39, 0.29) is 11.8 Å². The number of hydrogen-bond donors (Lipinski definition) is 2. The Kier molecular flexibility index (Phi) is 3.28. The van der Waals surface area contributed by atoms with Crippen LogP contribution in [0.1, 0.15) is 29.7 Å². The van der Waals surface area contributed by atoms with Crippen LogP contribution in [0, 0.1) is 22.7 Å². The fourth-order valence-electron chi connectivity index (χ4n) is 3.38. The Labute approximate surface area is 138 Å². The molecule has 6 nitrogen and oxygen atoms in total. The summed E-state index contributed by atoms with van der Waals surface area (Å²) >= 11 is 0. The summed E-state index contributed by atoms with van der Waals surface area (Å²) in [6.45, 7) is 2.02. The summed E-state index contributed by atoms with van der Waals surface area (Å²) < 4.78 is 5.48. The smallest absolute Gasteiger partial charge is 0.243 e. The van der Waals surface area contributed by atoms with Crippen LogP contribution in [0.15, 0.2) is 36.5 Å². The van der Waals surface area contributed by atoms with Gasteiger partial charge in [0.1, 0.15) is 5.92 Å². The largest absolute Gasteiger partial charge is 0.422 e. The molecule has 0 radical (unpaired) electrons.